The third kappa shape index (κ3) is 6.09. The number of benzene rings is 1. The molecule has 1 heterocycles. The lowest BCUT2D eigenvalue weighted by Gasteiger charge is -2.31. The Morgan fingerprint density at radius 2 is 1.67 bits per heavy atom. The summed E-state index contributed by atoms with van der Waals surface area (Å²) in [6.45, 7) is 1.28. The van der Waals surface area contributed by atoms with E-state index in [4.69, 9.17) is 10.5 Å². The molecule has 1 aromatic carbocycles. The van der Waals surface area contributed by atoms with E-state index in [1.807, 2.05) is 0 Å². The van der Waals surface area contributed by atoms with Gasteiger partial charge < -0.3 is 26.4 Å². The molecule has 1 atom stereocenters. The Morgan fingerprint density at radius 3 is 2.26 bits per heavy atom. The summed E-state index contributed by atoms with van der Waals surface area (Å²) in [6, 6.07) is 6.77. The van der Waals surface area contributed by atoms with Crippen LogP contribution in [0.2, 0.25) is 0 Å². The van der Waals surface area contributed by atoms with Gasteiger partial charge >= 0.3 is 6.03 Å². The lowest BCUT2D eigenvalue weighted by molar-refractivity contribution is -0.122. The number of hydrogen-bond acceptors (Lipinski definition) is 4. The molecule has 1 aromatic rings. The van der Waals surface area contributed by atoms with E-state index in [0.717, 1.165) is 51.6 Å². The first-order valence-electron chi connectivity index (χ1n) is 9.42. The largest absolute Gasteiger partial charge is 0.376 e. The summed E-state index contributed by atoms with van der Waals surface area (Å²) in [4.78, 5) is 24.4. The normalized spacial score (nSPS) is 21.0. The fourth-order valence-electron chi connectivity index (χ4n) is 3.49. The summed E-state index contributed by atoms with van der Waals surface area (Å²) >= 11 is 0. The van der Waals surface area contributed by atoms with Crippen LogP contribution in [-0.2, 0) is 9.53 Å². The van der Waals surface area contributed by atoms with Crippen LogP contribution in [0, 0.1) is 0 Å². The molecule has 1 saturated heterocycles. The highest BCUT2D eigenvalue weighted by Crippen LogP contribution is 2.27. The molecule has 27 heavy (non-hydrogen) atoms. The fraction of sp³-hybridized carbons (Fsp3) is 0.579. The van der Waals surface area contributed by atoms with Crippen molar-refractivity contribution in [2.45, 2.75) is 56.6 Å². The summed E-state index contributed by atoms with van der Waals surface area (Å²) in [6.07, 6.45) is 6.72. The van der Waals surface area contributed by atoms with Crippen molar-refractivity contribution < 1.29 is 14.3 Å². The second-order valence-corrected chi connectivity index (χ2v) is 7.22. The molecule has 150 valence electrons. The molecule has 3 amide bonds. The zero-order valence-electron chi connectivity index (χ0n) is 15.5. The third-order valence-electron chi connectivity index (χ3n) is 5.11. The van der Waals surface area contributed by atoms with Crippen LogP contribution in [0.15, 0.2) is 24.3 Å². The van der Waals surface area contributed by atoms with Crippen molar-refractivity contribution in [1.29, 1.82) is 0 Å². The number of urea groups is 1. The Balaban J connectivity index is 0.00000261. The van der Waals surface area contributed by atoms with Gasteiger partial charge in [-0.05, 0) is 49.9 Å². The first-order valence-corrected chi connectivity index (χ1v) is 9.42. The Kier molecular flexibility index (Phi) is 7.89. The molecule has 3 rings (SSSR count). The first-order chi connectivity index (χ1) is 12.5. The van der Waals surface area contributed by atoms with Gasteiger partial charge in [-0.3, -0.25) is 4.79 Å². The van der Waals surface area contributed by atoms with Crippen molar-refractivity contribution in [3.63, 3.8) is 0 Å². The van der Waals surface area contributed by atoms with Crippen molar-refractivity contribution in [2.75, 3.05) is 23.8 Å². The molecule has 2 aliphatic rings. The van der Waals surface area contributed by atoms with E-state index >= 15 is 0 Å². The monoisotopic (exact) mass is 396 g/mol. The molecular formula is C19H29ClN4O3. The quantitative estimate of drug-likeness (QED) is 0.613. The highest BCUT2D eigenvalue weighted by molar-refractivity contribution is 5.98. The van der Waals surface area contributed by atoms with Crippen LogP contribution in [0.3, 0.4) is 0 Å². The lowest BCUT2D eigenvalue weighted by atomic mass is 9.82. The van der Waals surface area contributed by atoms with Crippen molar-refractivity contribution in [3.8, 4) is 0 Å². The summed E-state index contributed by atoms with van der Waals surface area (Å²) in [5.74, 6) is -0.132. The molecule has 7 nitrogen and oxygen atoms in total. The van der Waals surface area contributed by atoms with Gasteiger partial charge in [-0.1, -0.05) is 19.3 Å². The van der Waals surface area contributed by atoms with Crippen molar-refractivity contribution in [3.05, 3.63) is 24.3 Å². The average Bonchev–Trinajstić information content (AvgIpc) is 3.16. The Bertz CT molecular complexity index is 626. The number of rotatable bonds is 5. The molecule has 5 N–H and O–H groups in total. The molecule has 2 fully saturated rings. The molecule has 1 aliphatic carbocycles. The first kappa shape index (κ1) is 21.5. The number of ether oxygens (including phenoxy) is 1. The van der Waals surface area contributed by atoms with E-state index in [9.17, 15) is 9.59 Å². The number of nitrogens with two attached hydrogens (primary N) is 1. The van der Waals surface area contributed by atoms with Gasteiger partial charge in [-0.2, -0.15) is 0 Å². The number of hydrogen-bond donors (Lipinski definition) is 4. The minimum Gasteiger partial charge on any atom is -0.376 e. The van der Waals surface area contributed by atoms with Crippen LogP contribution in [-0.4, -0.2) is 36.7 Å². The van der Waals surface area contributed by atoms with Crippen molar-refractivity contribution in [2.24, 2.45) is 5.73 Å². The maximum absolute atomic E-state index is 12.4. The van der Waals surface area contributed by atoms with Gasteiger partial charge in [0.2, 0.25) is 5.91 Å². The van der Waals surface area contributed by atoms with Crippen LogP contribution in [0.5, 0.6) is 0 Å². The summed E-state index contributed by atoms with van der Waals surface area (Å²) in [5.41, 5.74) is 6.81. The lowest BCUT2D eigenvalue weighted by Crippen LogP contribution is -2.52. The molecule has 0 aromatic heterocycles. The predicted molar refractivity (Wildman–Crippen MR) is 108 cm³/mol. The SMILES string of the molecule is Cl.NC1(C(=O)Nc2ccc(NC(=O)NCC3CCCO3)cc2)CCCCC1. The average molecular weight is 397 g/mol. The van der Waals surface area contributed by atoms with Gasteiger partial charge in [0.25, 0.3) is 0 Å². The second-order valence-electron chi connectivity index (χ2n) is 7.22. The fourth-order valence-corrected chi connectivity index (χ4v) is 3.49. The number of nitrogens with one attached hydrogen (secondary N) is 3. The highest BCUT2D eigenvalue weighted by Gasteiger charge is 2.35. The van der Waals surface area contributed by atoms with Crippen molar-refractivity contribution >= 4 is 35.7 Å². The number of anilines is 2. The molecule has 8 heteroatoms. The molecular weight excluding hydrogens is 368 g/mol. The van der Waals surface area contributed by atoms with E-state index in [-0.39, 0.29) is 30.4 Å². The van der Waals surface area contributed by atoms with Crippen LogP contribution < -0.4 is 21.7 Å². The van der Waals surface area contributed by atoms with Gasteiger partial charge in [-0.15, -0.1) is 12.4 Å². The van der Waals surface area contributed by atoms with E-state index in [1.54, 1.807) is 24.3 Å². The van der Waals surface area contributed by atoms with E-state index in [1.165, 1.54) is 0 Å². The standard InChI is InChI=1S/C19H28N4O3.ClH/c20-19(10-2-1-3-11-19)17(24)22-14-6-8-15(9-7-14)23-18(25)21-13-16-5-4-12-26-16;/h6-9,16H,1-5,10-13,20H2,(H,22,24)(H2,21,23,25);1H. The molecule has 1 unspecified atom stereocenters. The molecule has 0 bridgehead atoms. The maximum atomic E-state index is 12.4. The summed E-state index contributed by atoms with van der Waals surface area (Å²) in [5, 5.41) is 8.47. The van der Waals surface area contributed by atoms with Gasteiger partial charge in [0.1, 0.15) is 0 Å². The smallest absolute Gasteiger partial charge is 0.319 e. The minimum atomic E-state index is -0.767. The molecule has 0 radical (unpaired) electrons. The Morgan fingerprint density at radius 1 is 1.04 bits per heavy atom. The van der Waals surface area contributed by atoms with Gasteiger partial charge in [-0.25, -0.2) is 4.79 Å². The zero-order chi connectivity index (χ0) is 18.4. The van der Waals surface area contributed by atoms with E-state index in [0.29, 0.717) is 17.9 Å². The van der Waals surface area contributed by atoms with Crippen LogP contribution in [0.1, 0.15) is 44.9 Å². The summed E-state index contributed by atoms with van der Waals surface area (Å²) < 4.78 is 5.47. The zero-order valence-corrected chi connectivity index (χ0v) is 16.3. The minimum absolute atomic E-state index is 0. The number of halogens is 1. The van der Waals surface area contributed by atoms with Crippen molar-refractivity contribution in [1.82, 2.24) is 5.32 Å². The Hall–Kier alpha value is -1.83. The maximum Gasteiger partial charge on any atom is 0.319 e. The van der Waals surface area contributed by atoms with Crippen LogP contribution in [0.4, 0.5) is 16.2 Å². The second kappa shape index (κ2) is 9.92. The van der Waals surface area contributed by atoms with Crippen LogP contribution >= 0.6 is 12.4 Å². The van der Waals surface area contributed by atoms with Crippen LogP contribution in [0.25, 0.3) is 0 Å². The summed E-state index contributed by atoms with van der Waals surface area (Å²) in [7, 11) is 0. The molecule has 1 aliphatic heterocycles. The van der Waals surface area contributed by atoms with Gasteiger partial charge in [0, 0.05) is 24.5 Å². The molecule has 0 spiro atoms. The van der Waals surface area contributed by atoms with Gasteiger partial charge in [0.15, 0.2) is 0 Å². The van der Waals surface area contributed by atoms with E-state index in [2.05, 4.69) is 16.0 Å². The third-order valence-corrected chi connectivity index (χ3v) is 5.11. The highest BCUT2D eigenvalue weighted by atomic mass is 35.5. The molecule has 1 saturated carbocycles. The van der Waals surface area contributed by atoms with E-state index < -0.39 is 5.54 Å². The predicted octanol–water partition coefficient (Wildman–Crippen LogP) is 3.01. The Labute approximate surface area is 166 Å². The van der Waals surface area contributed by atoms with Gasteiger partial charge in [0.05, 0.1) is 11.6 Å². The topological polar surface area (TPSA) is 105 Å². The number of carbonyl (C=O) groups excluding carboxylic acids is 2. The number of carbonyl (C=O) groups is 2. The number of amides is 3.